The molecule has 0 bridgehead atoms. The molecule has 0 radical (unpaired) electrons. The third kappa shape index (κ3) is 3.99. The monoisotopic (exact) mass is 279 g/mol. The normalized spacial score (nSPS) is 14.2. The minimum atomic E-state index is -0.228. The smallest absolute Gasteiger partial charge is 0.268 e. The number of halogens is 1. The van der Waals surface area contributed by atoms with E-state index in [2.05, 4.69) is 16.2 Å². The molecular formula is C13H14ClN3O2. The number of nitrogens with one attached hydrogen (secondary N) is 3. The molecule has 1 aliphatic rings. The first kappa shape index (κ1) is 13.4. The standard InChI is InChI=1S/C13H14ClN3O2/c14-10-3-1-9(2-4-10)7-8-15-13(19)11-5-6-12(18)17-16-11/h1-5,16H,6-8H2,(H,15,19)(H,17,18). The predicted octanol–water partition coefficient (Wildman–Crippen LogP) is 0.907. The highest BCUT2D eigenvalue weighted by atomic mass is 35.5. The third-order valence-corrected chi connectivity index (χ3v) is 2.94. The lowest BCUT2D eigenvalue weighted by molar-refractivity contribution is -0.122. The zero-order valence-corrected chi connectivity index (χ0v) is 11.0. The Morgan fingerprint density at radius 2 is 2.00 bits per heavy atom. The second-order valence-corrected chi connectivity index (χ2v) is 4.56. The van der Waals surface area contributed by atoms with E-state index >= 15 is 0 Å². The summed E-state index contributed by atoms with van der Waals surface area (Å²) in [6.07, 6.45) is 2.51. The summed E-state index contributed by atoms with van der Waals surface area (Å²) in [6, 6.07) is 7.48. The van der Waals surface area contributed by atoms with E-state index in [-0.39, 0.29) is 18.2 Å². The van der Waals surface area contributed by atoms with Crippen molar-refractivity contribution < 1.29 is 9.59 Å². The molecule has 1 heterocycles. The van der Waals surface area contributed by atoms with E-state index in [1.165, 1.54) is 0 Å². The Labute approximate surface area is 116 Å². The number of rotatable bonds is 4. The van der Waals surface area contributed by atoms with Gasteiger partial charge in [0.25, 0.3) is 5.91 Å². The topological polar surface area (TPSA) is 70.2 Å². The molecule has 2 rings (SSSR count). The van der Waals surface area contributed by atoms with Gasteiger partial charge in [-0.1, -0.05) is 23.7 Å². The third-order valence-electron chi connectivity index (χ3n) is 2.69. The van der Waals surface area contributed by atoms with E-state index in [0.29, 0.717) is 17.3 Å². The molecule has 1 aromatic rings. The van der Waals surface area contributed by atoms with Gasteiger partial charge in [-0.05, 0) is 30.2 Å². The maximum Gasteiger partial charge on any atom is 0.268 e. The molecule has 1 aliphatic heterocycles. The molecule has 0 fully saturated rings. The Kier molecular flexibility index (Phi) is 4.41. The van der Waals surface area contributed by atoms with Crippen molar-refractivity contribution in [2.45, 2.75) is 12.8 Å². The van der Waals surface area contributed by atoms with E-state index in [4.69, 9.17) is 11.6 Å². The van der Waals surface area contributed by atoms with E-state index in [0.717, 1.165) is 12.0 Å². The molecule has 19 heavy (non-hydrogen) atoms. The van der Waals surface area contributed by atoms with E-state index in [1.807, 2.05) is 24.3 Å². The molecule has 2 amide bonds. The Bertz CT molecular complexity index is 511. The van der Waals surface area contributed by atoms with Crippen LogP contribution in [0.25, 0.3) is 0 Å². The summed E-state index contributed by atoms with van der Waals surface area (Å²) in [4.78, 5) is 22.6. The van der Waals surface area contributed by atoms with Gasteiger partial charge in [-0.25, -0.2) is 0 Å². The molecule has 5 nitrogen and oxygen atoms in total. The second-order valence-electron chi connectivity index (χ2n) is 4.13. The zero-order valence-electron chi connectivity index (χ0n) is 10.2. The van der Waals surface area contributed by atoms with Crippen LogP contribution >= 0.6 is 11.6 Å². The molecule has 1 aromatic carbocycles. The summed E-state index contributed by atoms with van der Waals surface area (Å²) in [5, 5.41) is 3.47. The van der Waals surface area contributed by atoms with Gasteiger partial charge in [0.1, 0.15) is 5.70 Å². The fourth-order valence-corrected chi connectivity index (χ4v) is 1.78. The van der Waals surface area contributed by atoms with Gasteiger partial charge in [-0.2, -0.15) is 0 Å². The van der Waals surface area contributed by atoms with Crippen LogP contribution in [0.3, 0.4) is 0 Å². The summed E-state index contributed by atoms with van der Waals surface area (Å²) < 4.78 is 0. The van der Waals surface area contributed by atoms with Crippen molar-refractivity contribution in [2.75, 3.05) is 6.54 Å². The summed E-state index contributed by atoms with van der Waals surface area (Å²) in [7, 11) is 0. The highest BCUT2D eigenvalue weighted by Gasteiger charge is 2.14. The highest BCUT2D eigenvalue weighted by molar-refractivity contribution is 6.30. The number of carbonyl (C=O) groups excluding carboxylic acids is 2. The van der Waals surface area contributed by atoms with Crippen molar-refractivity contribution in [3.63, 3.8) is 0 Å². The van der Waals surface area contributed by atoms with Crippen molar-refractivity contribution >= 4 is 23.4 Å². The predicted molar refractivity (Wildman–Crippen MR) is 72.1 cm³/mol. The minimum absolute atomic E-state index is 0.155. The first-order valence-corrected chi connectivity index (χ1v) is 6.30. The minimum Gasteiger partial charge on any atom is -0.350 e. The summed E-state index contributed by atoms with van der Waals surface area (Å²) in [5.74, 6) is -0.383. The first-order valence-electron chi connectivity index (χ1n) is 5.93. The number of hydrogen-bond acceptors (Lipinski definition) is 3. The van der Waals surface area contributed by atoms with Gasteiger partial charge in [-0.15, -0.1) is 0 Å². The van der Waals surface area contributed by atoms with Gasteiger partial charge in [-0.3, -0.25) is 20.4 Å². The maximum atomic E-state index is 11.7. The lowest BCUT2D eigenvalue weighted by atomic mass is 10.1. The number of carbonyl (C=O) groups is 2. The number of amides is 2. The van der Waals surface area contributed by atoms with Crippen LogP contribution in [0.1, 0.15) is 12.0 Å². The molecule has 3 N–H and O–H groups in total. The van der Waals surface area contributed by atoms with Crippen molar-refractivity contribution in [3.8, 4) is 0 Å². The van der Waals surface area contributed by atoms with E-state index in [1.54, 1.807) is 6.08 Å². The lowest BCUT2D eigenvalue weighted by Crippen LogP contribution is -2.45. The van der Waals surface area contributed by atoms with Crippen molar-refractivity contribution in [3.05, 3.63) is 46.6 Å². The van der Waals surface area contributed by atoms with E-state index in [9.17, 15) is 9.59 Å². The molecule has 0 unspecified atom stereocenters. The van der Waals surface area contributed by atoms with Crippen LogP contribution in [0.2, 0.25) is 5.02 Å². The van der Waals surface area contributed by atoms with Crippen LogP contribution in [-0.4, -0.2) is 18.4 Å². The second kappa shape index (κ2) is 6.24. The Balaban J connectivity index is 1.78. The van der Waals surface area contributed by atoms with Crippen LogP contribution in [0.4, 0.5) is 0 Å². The Morgan fingerprint density at radius 1 is 1.26 bits per heavy atom. The number of hydrazine groups is 1. The number of hydrogen-bond donors (Lipinski definition) is 3. The zero-order chi connectivity index (χ0) is 13.7. The molecule has 0 saturated heterocycles. The fourth-order valence-electron chi connectivity index (χ4n) is 1.65. The van der Waals surface area contributed by atoms with E-state index < -0.39 is 0 Å². The van der Waals surface area contributed by atoms with Crippen LogP contribution < -0.4 is 16.2 Å². The summed E-state index contributed by atoms with van der Waals surface area (Å²) >= 11 is 5.79. The average Bonchev–Trinajstić information content (AvgIpc) is 2.41. The van der Waals surface area contributed by atoms with Crippen LogP contribution in [0.5, 0.6) is 0 Å². The molecule has 0 aromatic heterocycles. The van der Waals surface area contributed by atoms with Crippen molar-refractivity contribution in [2.24, 2.45) is 0 Å². The van der Waals surface area contributed by atoms with Gasteiger partial charge < -0.3 is 5.32 Å². The molecule has 6 heteroatoms. The highest BCUT2D eigenvalue weighted by Crippen LogP contribution is 2.09. The van der Waals surface area contributed by atoms with Crippen LogP contribution in [0, 0.1) is 0 Å². The van der Waals surface area contributed by atoms with Gasteiger partial charge >= 0.3 is 0 Å². The van der Waals surface area contributed by atoms with Gasteiger partial charge in [0.05, 0.1) is 0 Å². The molecule has 0 saturated carbocycles. The molecular weight excluding hydrogens is 266 g/mol. The number of benzene rings is 1. The fraction of sp³-hybridized carbons (Fsp3) is 0.231. The van der Waals surface area contributed by atoms with Crippen molar-refractivity contribution in [1.82, 2.24) is 16.2 Å². The largest absolute Gasteiger partial charge is 0.350 e. The molecule has 100 valence electrons. The van der Waals surface area contributed by atoms with Crippen LogP contribution in [-0.2, 0) is 16.0 Å². The average molecular weight is 280 g/mol. The quantitative estimate of drug-likeness (QED) is 0.767. The molecule has 0 atom stereocenters. The molecule has 0 spiro atoms. The summed E-state index contributed by atoms with van der Waals surface area (Å²) in [5.41, 5.74) is 6.42. The van der Waals surface area contributed by atoms with Gasteiger partial charge in [0.15, 0.2) is 0 Å². The SMILES string of the molecule is O=C1CC=C(C(=O)NCCc2ccc(Cl)cc2)NN1. The van der Waals surface area contributed by atoms with Gasteiger partial charge in [0, 0.05) is 18.0 Å². The van der Waals surface area contributed by atoms with Gasteiger partial charge in [0.2, 0.25) is 5.91 Å². The first-order chi connectivity index (χ1) is 9.15. The Hall–Kier alpha value is -2.01. The van der Waals surface area contributed by atoms with Crippen molar-refractivity contribution in [1.29, 1.82) is 0 Å². The lowest BCUT2D eigenvalue weighted by Gasteiger charge is -2.16. The van der Waals surface area contributed by atoms with Crippen LogP contribution in [0.15, 0.2) is 36.0 Å². The molecule has 0 aliphatic carbocycles. The summed E-state index contributed by atoms with van der Waals surface area (Å²) in [6.45, 7) is 0.521. The Morgan fingerprint density at radius 3 is 2.63 bits per heavy atom. The maximum absolute atomic E-state index is 11.7.